The Labute approximate surface area is 169 Å². The fourth-order valence-electron chi connectivity index (χ4n) is 2.81. The van der Waals surface area contributed by atoms with Crippen LogP contribution >= 0.6 is 0 Å². The van der Waals surface area contributed by atoms with E-state index in [-0.39, 0.29) is 0 Å². The average molecular weight is 459 g/mol. The van der Waals surface area contributed by atoms with Crippen molar-refractivity contribution in [1.29, 1.82) is 0 Å². The highest BCUT2D eigenvalue weighted by atomic mass is 32.3. The van der Waals surface area contributed by atoms with Crippen LogP contribution in [0.5, 0.6) is 0 Å². The molecule has 1 fully saturated rings. The number of aliphatic hydroxyl groups is 4. The first-order chi connectivity index (χ1) is 13.8. The van der Waals surface area contributed by atoms with E-state index in [1.165, 1.54) is 0 Å². The average Bonchev–Trinajstić information content (AvgIpc) is 2.61. The molecule has 15 nitrogen and oxygen atoms in total. The highest BCUT2D eigenvalue weighted by Crippen LogP contribution is 2.28. The van der Waals surface area contributed by atoms with Crippen LogP contribution in [0.15, 0.2) is 11.8 Å². The van der Waals surface area contributed by atoms with Gasteiger partial charge in [0, 0.05) is 6.92 Å². The summed E-state index contributed by atoms with van der Waals surface area (Å²) in [6.45, 7) is 0.0779. The van der Waals surface area contributed by atoms with Gasteiger partial charge in [-0.3, -0.25) is 9.35 Å². The quantitative estimate of drug-likeness (QED) is 0.179. The molecule has 0 aromatic rings. The predicted molar refractivity (Wildman–Crippen MR) is 89.5 cm³/mol. The van der Waals surface area contributed by atoms with Gasteiger partial charge in [-0.1, -0.05) is 0 Å². The van der Waals surface area contributed by atoms with Gasteiger partial charge >= 0.3 is 16.4 Å². The molecule has 172 valence electrons. The van der Waals surface area contributed by atoms with E-state index in [1.807, 2.05) is 0 Å². The van der Waals surface area contributed by atoms with Gasteiger partial charge in [-0.25, -0.2) is 8.98 Å². The van der Waals surface area contributed by atoms with Crippen molar-refractivity contribution in [3.63, 3.8) is 0 Å². The van der Waals surface area contributed by atoms with Crippen molar-refractivity contribution in [3.8, 4) is 0 Å². The van der Waals surface area contributed by atoms with Gasteiger partial charge in [-0.15, -0.1) is 0 Å². The second-order valence-electron chi connectivity index (χ2n) is 6.40. The molecule has 0 aliphatic carbocycles. The standard InChI is InChI=1S/C14H21NO14S/c1-4(16)15-8-10(19)11(7(27-13(8)22)3-26-30(23,24)25)29-14-9(18)5(17)2-6(28-14)12(20)21/h2,5,7-11,13-14,17-19,22H,3H2,1H3,(H,15,16)(H,20,21)(H,23,24,25)/t5-,7+,8+,9+,10+,11+,13-,14+/m0/s1. The summed E-state index contributed by atoms with van der Waals surface area (Å²) >= 11 is 0. The minimum absolute atomic E-state index is 0.687. The van der Waals surface area contributed by atoms with Crippen LogP contribution in [0.2, 0.25) is 0 Å². The molecule has 30 heavy (non-hydrogen) atoms. The Hall–Kier alpha value is -1.89. The molecule has 16 heteroatoms. The zero-order valence-electron chi connectivity index (χ0n) is 15.3. The number of hydrogen-bond acceptors (Lipinski definition) is 12. The first-order valence-corrected chi connectivity index (χ1v) is 9.70. The van der Waals surface area contributed by atoms with E-state index >= 15 is 0 Å². The summed E-state index contributed by atoms with van der Waals surface area (Å²) in [7, 11) is -4.96. The first kappa shape index (κ1) is 24.4. The van der Waals surface area contributed by atoms with E-state index in [4.69, 9.17) is 23.9 Å². The van der Waals surface area contributed by atoms with Crippen molar-refractivity contribution in [2.45, 2.75) is 56.1 Å². The topological polar surface area (TPSA) is 239 Å². The molecule has 2 aliphatic rings. The lowest BCUT2D eigenvalue weighted by Crippen LogP contribution is -2.66. The molecule has 2 heterocycles. The van der Waals surface area contributed by atoms with Crippen LogP contribution < -0.4 is 5.32 Å². The Balaban J connectivity index is 2.27. The van der Waals surface area contributed by atoms with Crippen molar-refractivity contribution in [2.24, 2.45) is 0 Å². The highest BCUT2D eigenvalue weighted by molar-refractivity contribution is 7.80. The van der Waals surface area contributed by atoms with E-state index in [0.29, 0.717) is 6.08 Å². The van der Waals surface area contributed by atoms with Gasteiger partial charge in [0.2, 0.25) is 18.0 Å². The monoisotopic (exact) mass is 459 g/mol. The normalized spacial score (nSPS) is 37.1. The summed E-state index contributed by atoms with van der Waals surface area (Å²) < 4.78 is 49.9. The van der Waals surface area contributed by atoms with Crippen LogP contribution in [0, 0.1) is 0 Å². The number of carboxylic acid groups (broad SMARTS) is 1. The van der Waals surface area contributed by atoms with Crippen molar-refractivity contribution >= 4 is 22.3 Å². The number of carbonyl (C=O) groups excluding carboxylic acids is 1. The molecule has 1 amide bonds. The molecule has 1 saturated heterocycles. The Morgan fingerprint density at radius 2 is 1.83 bits per heavy atom. The molecule has 0 radical (unpaired) electrons. The van der Waals surface area contributed by atoms with E-state index in [9.17, 15) is 38.4 Å². The minimum Gasteiger partial charge on any atom is -0.475 e. The summed E-state index contributed by atoms with van der Waals surface area (Å²) in [5.74, 6) is -3.07. The number of ether oxygens (including phenoxy) is 3. The van der Waals surface area contributed by atoms with Crippen molar-refractivity contribution in [1.82, 2.24) is 5.32 Å². The summed E-state index contributed by atoms with van der Waals surface area (Å²) in [4.78, 5) is 22.4. The van der Waals surface area contributed by atoms with E-state index in [2.05, 4.69) is 9.50 Å². The third kappa shape index (κ3) is 6.06. The number of rotatable bonds is 7. The van der Waals surface area contributed by atoms with Crippen molar-refractivity contribution in [2.75, 3.05) is 6.61 Å². The Kier molecular flexibility index (Phi) is 7.72. The third-order valence-corrected chi connectivity index (χ3v) is 4.57. The van der Waals surface area contributed by atoms with Crippen molar-refractivity contribution in [3.05, 3.63) is 11.8 Å². The van der Waals surface area contributed by atoms with Gasteiger partial charge in [-0.2, -0.15) is 8.42 Å². The SMILES string of the molecule is CC(=O)N[C@@H]1[C@@H](O)[C@H](O[C@H]2OC(C(=O)O)=C[C@H](O)[C@H]2O)[C@@H](COS(=O)(=O)O)O[C@@H]1O. The Morgan fingerprint density at radius 3 is 2.37 bits per heavy atom. The summed E-state index contributed by atoms with van der Waals surface area (Å²) in [5, 5.41) is 51.5. The third-order valence-electron chi connectivity index (χ3n) is 4.14. The predicted octanol–water partition coefficient (Wildman–Crippen LogP) is -4.18. The number of amides is 1. The lowest BCUT2D eigenvalue weighted by atomic mass is 9.96. The number of carbonyl (C=O) groups is 2. The lowest BCUT2D eigenvalue weighted by molar-refractivity contribution is -0.306. The van der Waals surface area contributed by atoms with Gasteiger partial charge in [-0.05, 0) is 6.08 Å². The van der Waals surface area contributed by atoms with Crippen LogP contribution in [-0.2, 0) is 38.4 Å². The van der Waals surface area contributed by atoms with Crippen LogP contribution in [0.3, 0.4) is 0 Å². The zero-order valence-corrected chi connectivity index (χ0v) is 16.1. The van der Waals surface area contributed by atoms with Gasteiger partial charge in [0.15, 0.2) is 6.29 Å². The minimum atomic E-state index is -4.96. The molecule has 8 atom stereocenters. The smallest absolute Gasteiger partial charge is 0.397 e. The summed E-state index contributed by atoms with van der Waals surface area (Å²) in [6, 6.07) is -1.49. The first-order valence-electron chi connectivity index (χ1n) is 8.34. The molecule has 7 N–H and O–H groups in total. The highest BCUT2D eigenvalue weighted by Gasteiger charge is 2.49. The van der Waals surface area contributed by atoms with E-state index in [1.54, 1.807) is 0 Å². The molecule has 2 aliphatic heterocycles. The van der Waals surface area contributed by atoms with Gasteiger partial charge in [0.05, 0.1) is 6.61 Å². The molecule has 0 spiro atoms. The van der Waals surface area contributed by atoms with Gasteiger partial charge < -0.3 is 45.1 Å². The van der Waals surface area contributed by atoms with Crippen molar-refractivity contribution < 1.29 is 66.5 Å². The summed E-state index contributed by atoms with van der Waals surface area (Å²) in [6.07, 6.45) is -11.8. The molecule has 0 saturated carbocycles. The van der Waals surface area contributed by atoms with Gasteiger partial charge in [0.25, 0.3) is 0 Å². The van der Waals surface area contributed by atoms with Crippen LogP contribution in [-0.4, -0.2) is 106 Å². The number of aliphatic carboxylic acids is 1. The summed E-state index contributed by atoms with van der Waals surface area (Å²) in [5.41, 5.74) is 0. The molecule has 0 unspecified atom stereocenters. The maximum Gasteiger partial charge on any atom is 0.397 e. The number of aliphatic hydroxyl groups excluding tert-OH is 4. The van der Waals surface area contributed by atoms with E-state index < -0.39 is 83.8 Å². The molecular formula is C14H21NO14S. The maximum atomic E-state index is 11.3. The maximum absolute atomic E-state index is 11.3. The molecule has 2 rings (SSSR count). The fourth-order valence-corrected chi connectivity index (χ4v) is 3.12. The van der Waals surface area contributed by atoms with Gasteiger partial charge in [0.1, 0.15) is 36.6 Å². The van der Waals surface area contributed by atoms with Crippen LogP contribution in [0.1, 0.15) is 6.92 Å². The number of carboxylic acids is 1. The molecule has 0 bridgehead atoms. The zero-order chi connectivity index (χ0) is 22.8. The van der Waals surface area contributed by atoms with E-state index in [0.717, 1.165) is 6.92 Å². The molecule has 0 aromatic heterocycles. The number of hydrogen-bond donors (Lipinski definition) is 7. The molecule has 0 aromatic carbocycles. The lowest BCUT2D eigenvalue weighted by Gasteiger charge is -2.44. The fraction of sp³-hybridized carbons (Fsp3) is 0.714. The second kappa shape index (κ2) is 9.50. The Morgan fingerprint density at radius 1 is 1.20 bits per heavy atom. The Bertz CT molecular complexity index is 784. The second-order valence-corrected chi connectivity index (χ2v) is 7.49. The van der Waals surface area contributed by atoms with Crippen LogP contribution in [0.4, 0.5) is 0 Å². The largest absolute Gasteiger partial charge is 0.475 e. The molecular weight excluding hydrogens is 438 g/mol. The van der Waals surface area contributed by atoms with Crippen LogP contribution in [0.25, 0.3) is 0 Å². The number of nitrogens with one attached hydrogen (secondary N) is 1.